The van der Waals surface area contributed by atoms with Crippen LogP contribution in [0.2, 0.25) is 0 Å². The average molecular weight is 347 g/mol. The molecule has 0 aliphatic heterocycles. The maximum absolute atomic E-state index is 12.6. The zero-order chi connectivity index (χ0) is 17.2. The largest absolute Gasteiger partial charge is 0.306 e. The zero-order valence-electron chi connectivity index (χ0n) is 13.7. The van der Waals surface area contributed by atoms with Gasteiger partial charge in [0.25, 0.3) is 5.56 Å². The second-order valence-corrected chi connectivity index (χ2v) is 7.35. The van der Waals surface area contributed by atoms with Gasteiger partial charge in [0.15, 0.2) is 0 Å². The molecule has 4 nitrogen and oxygen atoms in total. The van der Waals surface area contributed by atoms with Gasteiger partial charge in [-0.2, -0.15) is 5.26 Å². The molecule has 0 radical (unpaired) electrons. The number of thiophene rings is 1. The van der Waals surface area contributed by atoms with E-state index in [0.717, 1.165) is 35.0 Å². The summed E-state index contributed by atoms with van der Waals surface area (Å²) in [5.74, 6) is 0.568. The SMILES string of the molecule is N#Cc1ccc(/C=C/c2nc3sc4c(c3c(=O)[nH]2)CCCCC4)cc1. The maximum atomic E-state index is 12.6. The molecule has 0 fully saturated rings. The second-order valence-electron chi connectivity index (χ2n) is 6.26. The number of aromatic nitrogens is 2. The normalized spacial score (nSPS) is 14.4. The summed E-state index contributed by atoms with van der Waals surface area (Å²) >= 11 is 1.67. The summed E-state index contributed by atoms with van der Waals surface area (Å²) in [6.07, 6.45) is 9.34. The molecule has 1 N–H and O–H groups in total. The van der Waals surface area contributed by atoms with Crippen LogP contribution in [-0.2, 0) is 12.8 Å². The van der Waals surface area contributed by atoms with Crippen LogP contribution in [0.15, 0.2) is 29.1 Å². The average Bonchev–Trinajstić information content (AvgIpc) is 2.82. The van der Waals surface area contributed by atoms with Crippen LogP contribution in [0.25, 0.3) is 22.4 Å². The van der Waals surface area contributed by atoms with Gasteiger partial charge >= 0.3 is 0 Å². The monoisotopic (exact) mass is 347 g/mol. The predicted molar refractivity (Wildman–Crippen MR) is 102 cm³/mol. The van der Waals surface area contributed by atoms with Gasteiger partial charge in [0, 0.05) is 4.88 Å². The molecule has 0 unspecified atom stereocenters. The molecule has 0 atom stereocenters. The summed E-state index contributed by atoms with van der Waals surface area (Å²) in [4.78, 5) is 22.3. The Morgan fingerprint density at radius 2 is 1.92 bits per heavy atom. The smallest absolute Gasteiger partial charge is 0.260 e. The van der Waals surface area contributed by atoms with E-state index >= 15 is 0 Å². The van der Waals surface area contributed by atoms with Gasteiger partial charge in [-0.25, -0.2) is 4.98 Å². The van der Waals surface area contributed by atoms with E-state index in [4.69, 9.17) is 5.26 Å². The summed E-state index contributed by atoms with van der Waals surface area (Å²) in [5, 5.41) is 9.63. The van der Waals surface area contributed by atoms with Gasteiger partial charge in [-0.3, -0.25) is 4.79 Å². The van der Waals surface area contributed by atoms with Crippen LogP contribution in [0.3, 0.4) is 0 Å². The van der Waals surface area contributed by atoms with Crippen LogP contribution in [-0.4, -0.2) is 9.97 Å². The number of hydrogen-bond donors (Lipinski definition) is 1. The summed E-state index contributed by atoms with van der Waals surface area (Å²) < 4.78 is 0. The molecule has 0 bridgehead atoms. The van der Waals surface area contributed by atoms with Gasteiger partial charge in [0.2, 0.25) is 0 Å². The summed E-state index contributed by atoms with van der Waals surface area (Å²) in [6, 6.07) is 9.40. The number of nitrogens with one attached hydrogen (secondary N) is 1. The number of aryl methyl sites for hydroxylation is 2. The van der Waals surface area contributed by atoms with Crippen molar-refractivity contribution < 1.29 is 0 Å². The van der Waals surface area contributed by atoms with Crippen LogP contribution in [0.1, 0.15) is 46.7 Å². The van der Waals surface area contributed by atoms with Gasteiger partial charge in [0.1, 0.15) is 10.7 Å². The first-order valence-electron chi connectivity index (χ1n) is 8.47. The Bertz CT molecular complexity index is 1050. The van der Waals surface area contributed by atoms with Crippen LogP contribution < -0.4 is 5.56 Å². The Labute approximate surface area is 149 Å². The summed E-state index contributed by atoms with van der Waals surface area (Å²) in [7, 11) is 0. The van der Waals surface area contributed by atoms with E-state index in [9.17, 15) is 4.79 Å². The number of fused-ring (bicyclic) bond motifs is 3. The minimum Gasteiger partial charge on any atom is -0.306 e. The summed E-state index contributed by atoms with van der Waals surface area (Å²) in [5.41, 5.74) is 2.77. The van der Waals surface area contributed by atoms with E-state index in [1.807, 2.05) is 24.3 Å². The number of nitriles is 1. The molecule has 2 heterocycles. The van der Waals surface area contributed by atoms with Crippen molar-refractivity contribution in [2.75, 3.05) is 0 Å². The van der Waals surface area contributed by atoms with E-state index < -0.39 is 0 Å². The second kappa shape index (κ2) is 6.66. The minimum atomic E-state index is -0.0381. The van der Waals surface area contributed by atoms with Crippen molar-refractivity contribution in [3.05, 3.63) is 62.0 Å². The van der Waals surface area contributed by atoms with Gasteiger partial charge < -0.3 is 4.98 Å². The van der Waals surface area contributed by atoms with Crippen molar-refractivity contribution in [3.63, 3.8) is 0 Å². The number of aromatic amines is 1. The fourth-order valence-corrected chi connectivity index (χ4v) is 4.55. The highest BCUT2D eigenvalue weighted by Gasteiger charge is 2.18. The van der Waals surface area contributed by atoms with Gasteiger partial charge in [-0.05, 0) is 55.0 Å². The Hall–Kier alpha value is -2.71. The number of benzene rings is 1. The van der Waals surface area contributed by atoms with E-state index in [2.05, 4.69) is 16.0 Å². The fraction of sp³-hybridized carbons (Fsp3) is 0.250. The van der Waals surface area contributed by atoms with Crippen LogP contribution in [0, 0.1) is 11.3 Å². The molecule has 0 saturated heterocycles. The molecule has 25 heavy (non-hydrogen) atoms. The number of hydrogen-bond acceptors (Lipinski definition) is 4. The molecular weight excluding hydrogens is 330 g/mol. The fourth-order valence-electron chi connectivity index (χ4n) is 3.28. The minimum absolute atomic E-state index is 0.0381. The van der Waals surface area contributed by atoms with E-state index in [-0.39, 0.29) is 5.56 Å². The standard InChI is InChI=1S/C20H17N3OS/c21-12-14-8-6-13(7-9-14)10-11-17-22-19(24)18-15-4-2-1-3-5-16(15)25-20(18)23-17/h6-11H,1-5H2,(H,22,23,24)/b11-10+. The lowest BCUT2D eigenvalue weighted by molar-refractivity contribution is 0.713. The highest BCUT2D eigenvalue weighted by atomic mass is 32.1. The van der Waals surface area contributed by atoms with Gasteiger partial charge in [-0.15, -0.1) is 11.3 Å². The Balaban J connectivity index is 1.70. The quantitative estimate of drug-likeness (QED) is 0.703. The molecule has 1 aliphatic rings. The molecule has 1 aliphatic carbocycles. The lowest BCUT2D eigenvalue weighted by atomic mass is 10.1. The topological polar surface area (TPSA) is 69.5 Å². The van der Waals surface area contributed by atoms with Crippen molar-refractivity contribution in [3.8, 4) is 6.07 Å². The van der Waals surface area contributed by atoms with E-state index in [1.165, 1.54) is 23.3 Å². The highest BCUT2D eigenvalue weighted by molar-refractivity contribution is 7.18. The van der Waals surface area contributed by atoms with Crippen LogP contribution in [0.5, 0.6) is 0 Å². The first-order valence-corrected chi connectivity index (χ1v) is 9.29. The molecular formula is C20H17N3OS. The molecule has 0 saturated carbocycles. The van der Waals surface area contributed by atoms with Crippen molar-refractivity contribution in [2.24, 2.45) is 0 Å². The Morgan fingerprint density at radius 3 is 2.72 bits per heavy atom. The molecule has 124 valence electrons. The Morgan fingerprint density at radius 1 is 1.12 bits per heavy atom. The van der Waals surface area contributed by atoms with Crippen LogP contribution in [0.4, 0.5) is 0 Å². The number of H-pyrrole nitrogens is 1. The van der Waals surface area contributed by atoms with Crippen LogP contribution >= 0.6 is 11.3 Å². The lowest BCUT2D eigenvalue weighted by Gasteiger charge is -1.99. The van der Waals surface area contributed by atoms with Crippen molar-refractivity contribution in [1.82, 2.24) is 9.97 Å². The molecule has 4 rings (SSSR count). The number of nitrogens with zero attached hydrogens (tertiary/aromatic N) is 2. The third-order valence-electron chi connectivity index (χ3n) is 4.57. The molecule has 2 aromatic heterocycles. The van der Waals surface area contributed by atoms with E-state index in [1.54, 1.807) is 23.5 Å². The van der Waals surface area contributed by atoms with Gasteiger partial charge in [-0.1, -0.05) is 24.6 Å². The molecule has 1 aromatic carbocycles. The van der Waals surface area contributed by atoms with E-state index in [0.29, 0.717) is 11.4 Å². The first kappa shape index (κ1) is 15.8. The van der Waals surface area contributed by atoms with Crippen molar-refractivity contribution in [1.29, 1.82) is 5.26 Å². The predicted octanol–water partition coefficient (Wildman–Crippen LogP) is 4.30. The van der Waals surface area contributed by atoms with Crippen molar-refractivity contribution >= 4 is 33.7 Å². The van der Waals surface area contributed by atoms with Gasteiger partial charge in [0.05, 0.1) is 17.0 Å². The molecule has 0 spiro atoms. The molecule has 5 heteroatoms. The highest BCUT2D eigenvalue weighted by Crippen LogP contribution is 2.32. The third-order valence-corrected chi connectivity index (χ3v) is 5.75. The zero-order valence-corrected chi connectivity index (χ0v) is 14.5. The molecule has 0 amide bonds. The lowest BCUT2D eigenvalue weighted by Crippen LogP contribution is -2.10. The number of rotatable bonds is 2. The molecule has 3 aromatic rings. The Kier molecular flexibility index (Phi) is 4.21. The summed E-state index contributed by atoms with van der Waals surface area (Å²) in [6.45, 7) is 0. The maximum Gasteiger partial charge on any atom is 0.260 e. The first-order chi connectivity index (χ1) is 12.2. The van der Waals surface area contributed by atoms with Crippen molar-refractivity contribution in [2.45, 2.75) is 32.1 Å². The third kappa shape index (κ3) is 3.13.